The molecule has 3 nitrogen and oxygen atoms in total. The molecule has 1 aromatic rings. The molecule has 19 heavy (non-hydrogen) atoms. The summed E-state index contributed by atoms with van der Waals surface area (Å²) in [5, 5.41) is 0. The molecule has 5 heteroatoms. The van der Waals surface area contributed by atoms with Crippen LogP contribution in [0.5, 0.6) is 5.75 Å². The topological polar surface area (TPSA) is 49.4 Å². The van der Waals surface area contributed by atoms with Crippen molar-refractivity contribution in [3.8, 4) is 5.75 Å². The number of unbranched alkanes of at least 4 members (excludes halogenated alkanes) is 5. The lowest BCUT2D eigenvalue weighted by molar-refractivity contribution is 0.438. The Morgan fingerprint density at radius 2 is 1.89 bits per heavy atom. The number of hydrogen-bond donors (Lipinski definition) is 0. The Morgan fingerprint density at radius 3 is 2.53 bits per heavy atom. The molecule has 1 unspecified atom stereocenters. The van der Waals surface area contributed by atoms with E-state index in [4.69, 9.17) is 0 Å². The van der Waals surface area contributed by atoms with Crippen molar-refractivity contribution in [2.24, 2.45) is 0 Å². The number of aryl methyl sites for hydroxylation is 1. The van der Waals surface area contributed by atoms with Gasteiger partial charge in [0.1, 0.15) is 22.9 Å². The molecule has 0 bridgehead atoms. The summed E-state index contributed by atoms with van der Waals surface area (Å²) in [5.41, 5.74) is 0.611. The van der Waals surface area contributed by atoms with Crippen molar-refractivity contribution in [2.75, 3.05) is 0 Å². The molecule has 0 aliphatic rings. The van der Waals surface area contributed by atoms with E-state index in [2.05, 4.69) is 11.1 Å². The average molecular weight is 287 g/mol. The first-order valence-corrected chi connectivity index (χ1v) is 7.69. The predicted molar refractivity (Wildman–Crippen MR) is 73.0 cm³/mol. The van der Waals surface area contributed by atoms with E-state index in [0.717, 1.165) is 18.9 Å². The molecule has 0 spiro atoms. The van der Waals surface area contributed by atoms with Crippen LogP contribution in [0.2, 0.25) is 0 Å². The van der Waals surface area contributed by atoms with Crippen LogP contribution in [0.15, 0.2) is 18.2 Å². The van der Waals surface area contributed by atoms with Gasteiger partial charge in [0, 0.05) is 6.07 Å². The first-order chi connectivity index (χ1) is 9.13. The highest BCUT2D eigenvalue weighted by Gasteiger charge is 2.04. The Hall–Kier alpha value is -0.940. The fourth-order valence-corrected chi connectivity index (χ4v) is 2.22. The molecule has 0 aromatic heterocycles. The molecular weight excluding hydrogens is 267 g/mol. The van der Waals surface area contributed by atoms with Crippen LogP contribution in [0.25, 0.3) is 0 Å². The van der Waals surface area contributed by atoms with Gasteiger partial charge in [0.05, 0.1) is 0 Å². The number of benzene rings is 1. The van der Waals surface area contributed by atoms with Crippen LogP contribution in [0.1, 0.15) is 51.0 Å². The second kappa shape index (κ2) is 9.04. The van der Waals surface area contributed by atoms with Gasteiger partial charge < -0.3 is 8.74 Å². The van der Waals surface area contributed by atoms with E-state index >= 15 is 0 Å². The summed E-state index contributed by atoms with van der Waals surface area (Å²) >= 11 is -2.66. The van der Waals surface area contributed by atoms with Crippen molar-refractivity contribution in [1.82, 2.24) is 0 Å². The number of halogens is 1. The average Bonchev–Trinajstić information content (AvgIpc) is 2.35. The minimum Gasteiger partial charge on any atom is -0.740 e. The summed E-state index contributed by atoms with van der Waals surface area (Å²) < 4.78 is 38.7. The molecular formula is C14H20FO3S-. The maximum atomic E-state index is 13.6. The number of rotatable bonds is 9. The van der Waals surface area contributed by atoms with Crippen LogP contribution in [-0.4, -0.2) is 8.76 Å². The molecule has 1 rings (SSSR count). The summed E-state index contributed by atoms with van der Waals surface area (Å²) in [7, 11) is 0. The summed E-state index contributed by atoms with van der Waals surface area (Å²) in [6.45, 7) is 2.17. The van der Waals surface area contributed by atoms with Gasteiger partial charge in [0.2, 0.25) is 0 Å². The number of hydrogen-bond acceptors (Lipinski definition) is 3. The normalized spacial score (nSPS) is 12.4. The van der Waals surface area contributed by atoms with Gasteiger partial charge in [-0.1, -0.05) is 45.1 Å². The van der Waals surface area contributed by atoms with Crippen LogP contribution in [0.4, 0.5) is 4.39 Å². The van der Waals surface area contributed by atoms with Crippen molar-refractivity contribution >= 4 is 11.4 Å². The minimum absolute atomic E-state index is 0.0116. The lowest BCUT2D eigenvalue weighted by Gasteiger charge is -2.09. The van der Waals surface area contributed by atoms with E-state index in [1.54, 1.807) is 6.07 Å². The zero-order valence-electron chi connectivity index (χ0n) is 11.2. The third kappa shape index (κ3) is 6.68. The Labute approximate surface area is 116 Å². The molecule has 0 aliphatic carbocycles. The molecule has 0 amide bonds. The Kier molecular flexibility index (Phi) is 7.67. The standard InChI is InChI=1S/C14H21FO3S/c1-2-3-4-5-6-7-8-12-9-10-13(11-14(12)15)18-19(16)17/h9-11H,2-8H2,1H3,(H,16,17)/p-1. The quantitative estimate of drug-likeness (QED) is 0.511. The zero-order chi connectivity index (χ0) is 14.1. The van der Waals surface area contributed by atoms with E-state index in [1.807, 2.05) is 0 Å². The first-order valence-electron chi connectivity index (χ1n) is 6.69. The van der Waals surface area contributed by atoms with Crippen molar-refractivity contribution in [2.45, 2.75) is 51.9 Å². The van der Waals surface area contributed by atoms with Gasteiger partial charge in [0.25, 0.3) is 0 Å². The molecule has 0 radical (unpaired) electrons. The highest BCUT2D eigenvalue weighted by molar-refractivity contribution is 7.74. The first kappa shape index (κ1) is 16.1. The van der Waals surface area contributed by atoms with Gasteiger partial charge in [0.15, 0.2) is 0 Å². The highest BCUT2D eigenvalue weighted by Crippen LogP contribution is 2.19. The Balaban J connectivity index is 2.36. The fraction of sp³-hybridized carbons (Fsp3) is 0.571. The minimum atomic E-state index is -2.66. The van der Waals surface area contributed by atoms with E-state index in [0.29, 0.717) is 12.0 Å². The monoisotopic (exact) mass is 287 g/mol. The summed E-state index contributed by atoms with van der Waals surface area (Å²) in [5.74, 6) is -0.394. The van der Waals surface area contributed by atoms with Gasteiger partial charge in [-0.2, -0.15) is 0 Å². The highest BCUT2D eigenvalue weighted by atomic mass is 32.2. The molecule has 108 valence electrons. The van der Waals surface area contributed by atoms with Crippen molar-refractivity contribution < 1.29 is 17.3 Å². The Morgan fingerprint density at radius 1 is 1.21 bits per heavy atom. The van der Waals surface area contributed by atoms with Gasteiger partial charge in [-0.15, -0.1) is 0 Å². The largest absolute Gasteiger partial charge is 0.740 e. The molecule has 0 aliphatic heterocycles. The third-order valence-electron chi connectivity index (χ3n) is 2.99. The van der Waals surface area contributed by atoms with E-state index in [-0.39, 0.29) is 5.75 Å². The molecule has 0 N–H and O–H groups in total. The smallest absolute Gasteiger partial charge is 0.142 e. The summed E-state index contributed by atoms with van der Waals surface area (Å²) in [6.07, 6.45) is 7.63. The summed E-state index contributed by atoms with van der Waals surface area (Å²) in [4.78, 5) is 0. The predicted octanol–water partition coefficient (Wildman–Crippen LogP) is 3.90. The third-order valence-corrected chi connectivity index (χ3v) is 3.32. The SMILES string of the molecule is CCCCCCCCc1ccc(OS(=O)[O-])cc1F. The molecule has 0 fully saturated rings. The molecule has 1 aromatic carbocycles. The van der Waals surface area contributed by atoms with Crippen molar-refractivity contribution in [3.05, 3.63) is 29.6 Å². The Bertz CT molecular complexity index is 410. The van der Waals surface area contributed by atoms with Gasteiger partial charge in [-0.25, -0.2) is 8.60 Å². The van der Waals surface area contributed by atoms with E-state index < -0.39 is 17.2 Å². The van der Waals surface area contributed by atoms with Crippen LogP contribution in [0, 0.1) is 5.82 Å². The van der Waals surface area contributed by atoms with Gasteiger partial charge in [-0.05, 0) is 24.5 Å². The molecule has 1 atom stereocenters. The molecule has 0 heterocycles. The summed E-state index contributed by atoms with van der Waals surface area (Å²) in [6, 6.07) is 4.18. The van der Waals surface area contributed by atoms with Crippen molar-refractivity contribution in [1.29, 1.82) is 0 Å². The second-order valence-electron chi connectivity index (χ2n) is 4.56. The van der Waals surface area contributed by atoms with Gasteiger partial charge >= 0.3 is 0 Å². The van der Waals surface area contributed by atoms with Crippen LogP contribution >= 0.6 is 0 Å². The maximum Gasteiger partial charge on any atom is 0.142 e. The molecule has 0 saturated carbocycles. The molecule has 0 saturated heterocycles. The lowest BCUT2D eigenvalue weighted by atomic mass is 10.0. The van der Waals surface area contributed by atoms with Gasteiger partial charge in [-0.3, -0.25) is 0 Å². The zero-order valence-corrected chi connectivity index (χ0v) is 12.0. The maximum absolute atomic E-state index is 13.6. The lowest BCUT2D eigenvalue weighted by Crippen LogP contribution is -1.99. The van der Waals surface area contributed by atoms with Crippen molar-refractivity contribution in [3.63, 3.8) is 0 Å². The van der Waals surface area contributed by atoms with Crippen LogP contribution in [-0.2, 0) is 17.8 Å². The van der Waals surface area contributed by atoms with Crippen LogP contribution < -0.4 is 4.18 Å². The fourth-order valence-electron chi connectivity index (χ4n) is 1.96. The van der Waals surface area contributed by atoms with E-state index in [9.17, 15) is 13.2 Å². The second-order valence-corrected chi connectivity index (χ2v) is 5.13. The van der Waals surface area contributed by atoms with E-state index in [1.165, 1.54) is 31.7 Å². The van der Waals surface area contributed by atoms with Crippen LogP contribution in [0.3, 0.4) is 0 Å².